The molecule has 0 saturated carbocycles. The topological polar surface area (TPSA) is 51.2 Å². The quantitative estimate of drug-likeness (QED) is 0.609. The van der Waals surface area contributed by atoms with Crippen LogP contribution in [0.25, 0.3) is 10.9 Å². The number of nitrogens with zero attached hydrogens (tertiary/aromatic N) is 1. The van der Waals surface area contributed by atoms with E-state index in [1.165, 1.54) is 0 Å². The first-order valence-electron chi connectivity index (χ1n) is 8.52. The highest BCUT2D eigenvalue weighted by atomic mass is 35.5. The molecule has 3 rings (SSSR count). The molecule has 0 radical (unpaired) electrons. The van der Waals surface area contributed by atoms with Crippen molar-refractivity contribution in [2.45, 2.75) is 19.3 Å². The number of carbonyl (C=O) groups is 1. The van der Waals surface area contributed by atoms with Crippen LogP contribution in [-0.4, -0.2) is 31.0 Å². The molecule has 0 unspecified atom stereocenters. The molecule has 5 heteroatoms. The fourth-order valence-electron chi connectivity index (χ4n) is 3.52. The number of Topliss-reactive ketones (excluding diaryl/α,β-unsaturated/α-hetero) is 1. The van der Waals surface area contributed by atoms with Crippen LogP contribution in [0.2, 0.25) is 0 Å². The maximum atomic E-state index is 12.8. The first kappa shape index (κ1) is 19.4. The molecule has 4 nitrogen and oxygen atoms in total. The second kappa shape index (κ2) is 8.97. The van der Waals surface area contributed by atoms with Gasteiger partial charge in [-0.25, -0.2) is 0 Å². The summed E-state index contributed by atoms with van der Waals surface area (Å²) in [5, 5.41) is 4.26. The molecular weight excluding hydrogens is 336 g/mol. The van der Waals surface area contributed by atoms with E-state index in [9.17, 15) is 4.79 Å². The van der Waals surface area contributed by atoms with E-state index in [2.05, 4.69) is 16.9 Å². The first-order valence-corrected chi connectivity index (χ1v) is 8.52. The molecule has 1 saturated heterocycles. The Morgan fingerprint density at radius 2 is 2.32 bits per heavy atom. The molecule has 1 fully saturated rings. The fraction of sp³-hybridized carbons (Fsp3) is 0.400. The van der Waals surface area contributed by atoms with Gasteiger partial charge in [-0.15, -0.1) is 6.58 Å². The van der Waals surface area contributed by atoms with E-state index >= 15 is 0 Å². The minimum atomic E-state index is 0. The number of piperidine rings is 1. The van der Waals surface area contributed by atoms with Crippen LogP contribution in [0.1, 0.15) is 31.0 Å². The molecule has 1 aliphatic heterocycles. The largest absolute Gasteiger partial charge is 1.00 e. The van der Waals surface area contributed by atoms with Crippen molar-refractivity contribution < 1.29 is 23.4 Å². The highest BCUT2D eigenvalue weighted by Gasteiger charge is 2.23. The van der Waals surface area contributed by atoms with Crippen molar-refractivity contribution in [3.8, 4) is 5.75 Å². The zero-order valence-electron chi connectivity index (χ0n) is 15.5. The molecule has 2 aromatic rings. The molecule has 0 aliphatic carbocycles. The Labute approximate surface area is 156 Å². The number of carbonyl (C=O) groups excluding carboxylic acids is 1. The molecule has 134 valence electrons. The number of benzene rings is 1. The first-order chi connectivity index (χ1) is 11.7. The second-order valence-corrected chi connectivity index (χ2v) is 6.36. The summed E-state index contributed by atoms with van der Waals surface area (Å²) in [6.45, 7) is 5.93. The summed E-state index contributed by atoms with van der Waals surface area (Å²) in [5.41, 5.74) is 1.57. The van der Waals surface area contributed by atoms with Crippen LogP contribution in [0.15, 0.2) is 43.1 Å². The Morgan fingerprint density at radius 1 is 1.48 bits per heavy atom. The van der Waals surface area contributed by atoms with E-state index in [1.54, 1.807) is 13.3 Å². The molecule has 0 spiro atoms. The summed E-state index contributed by atoms with van der Waals surface area (Å²) in [7, 11) is 1.63. The van der Waals surface area contributed by atoms with Gasteiger partial charge < -0.3 is 22.5 Å². The lowest BCUT2D eigenvalue weighted by molar-refractivity contribution is -0.0000132. The van der Waals surface area contributed by atoms with E-state index in [4.69, 9.17) is 4.74 Å². The lowest BCUT2D eigenvalue weighted by Crippen LogP contribution is -3.00. The lowest BCUT2D eigenvalue weighted by atomic mass is 9.82. The summed E-state index contributed by atoms with van der Waals surface area (Å²) < 4.78 is 5.28. The number of halogens is 1. The van der Waals surface area contributed by atoms with Gasteiger partial charge in [-0.2, -0.15) is 0 Å². The minimum Gasteiger partial charge on any atom is -1.00 e. The number of nitrogens with one attached hydrogen (secondary N) is 1. The zero-order chi connectivity index (χ0) is 16.9. The summed E-state index contributed by atoms with van der Waals surface area (Å²) in [6, 6.07) is 7.48. The molecule has 1 aromatic carbocycles. The SMILES string of the molecule is C=C[C@H]1CNCC[C@H]1CCC(=O)c1ccnc2ccc(OC)cc12.[Cl-].[H+]. The van der Waals surface area contributed by atoms with Gasteiger partial charge in [0.2, 0.25) is 0 Å². The van der Waals surface area contributed by atoms with Crippen molar-refractivity contribution >= 4 is 16.7 Å². The summed E-state index contributed by atoms with van der Waals surface area (Å²) in [4.78, 5) is 17.1. The predicted molar refractivity (Wildman–Crippen MR) is 97.6 cm³/mol. The van der Waals surface area contributed by atoms with Crippen molar-refractivity contribution in [3.05, 3.63) is 48.7 Å². The molecule has 1 aromatic heterocycles. The fourth-order valence-corrected chi connectivity index (χ4v) is 3.52. The van der Waals surface area contributed by atoms with Crippen molar-refractivity contribution in [3.63, 3.8) is 0 Å². The van der Waals surface area contributed by atoms with Crippen LogP contribution < -0.4 is 22.5 Å². The third-order valence-electron chi connectivity index (χ3n) is 4.97. The Hall–Kier alpha value is -1.91. The molecule has 1 N–H and O–H groups in total. The Kier molecular flexibility index (Phi) is 6.97. The highest BCUT2D eigenvalue weighted by molar-refractivity contribution is 6.07. The van der Waals surface area contributed by atoms with Crippen molar-refractivity contribution in [1.29, 1.82) is 0 Å². The van der Waals surface area contributed by atoms with Crippen molar-refractivity contribution in [2.75, 3.05) is 20.2 Å². The van der Waals surface area contributed by atoms with Crippen LogP contribution in [0, 0.1) is 11.8 Å². The smallest absolute Gasteiger partial charge is 1.00 e. The van der Waals surface area contributed by atoms with E-state index in [0.29, 0.717) is 18.3 Å². The predicted octanol–water partition coefficient (Wildman–Crippen LogP) is 0.735. The number of hydrogen-bond acceptors (Lipinski definition) is 4. The average molecular weight is 361 g/mol. The molecule has 1 aliphatic rings. The Balaban J connectivity index is 0.00000169. The number of ether oxygens (including phenoxy) is 1. The van der Waals surface area contributed by atoms with Crippen LogP contribution >= 0.6 is 0 Å². The number of methoxy groups -OCH3 is 1. The van der Waals surface area contributed by atoms with E-state index in [-0.39, 0.29) is 19.6 Å². The molecule has 2 heterocycles. The maximum absolute atomic E-state index is 12.8. The monoisotopic (exact) mass is 360 g/mol. The number of ketones is 1. The standard InChI is InChI=1S/C20H24N2O2.ClH/c1-3-14-13-21-10-8-15(14)4-7-20(23)17-9-11-22-19-6-5-16(24-2)12-18(17)19;/h3,5-6,9,11-12,14-15,21H,1,4,7-8,10,13H2,2H3;1H/t14-,15+;/m0./s1. The summed E-state index contributed by atoms with van der Waals surface area (Å²) in [5.74, 6) is 1.92. The summed E-state index contributed by atoms with van der Waals surface area (Å²) >= 11 is 0. The van der Waals surface area contributed by atoms with Crippen LogP contribution in [0.3, 0.4) is 0 Å². The molecule has 25 heavy (non-hydrogen) atoms. The van der Waals surface area contributed by atoms with Crippen molar-refractivity contribution in [2.24, 2.45) is 11.8 Å². The van der Waals surface area contributed by atoms with Gasteiger partial charge in [0.05, 0.1) is 12.6 Å². The van der Waals surface area contributed by atoms with Crippen LogP contribution in [-0.2, 0) is 0 Å². The van der Waals surface area contributed by atoms with Gasteiger partial charge in [0.1, 0.15) is 5.75 Å². The van der Waals surface area contributed by atoms with E-state index in [1.807, 2.05) is 30.3 Å². The summed E-state index contributed by atoms with van der Waals surface area (Å²) in [6.07, 6.45) is 6.30. The molecule has 2 atom stereocenters. The average Bonchev–Trinajstić information content (AvgIpc) is 2.65. The zero-order valence-corrected chi connectivity index (χ0v) is 15.3. The normalized spacial score (nSPS) is 19.9. The number of rotatable bonds is 6. The minimum absolute atomic E-state index is 0. The number of pyridine rings is 1. The number of fused-ring (bicyclic) bond motifs is 1. The lowest BCUT2D eigenvalue weighted by Gasteiger charge is -2.29. The number of aromatic nitrogens is 1. The van der Waals surface area contributed by atoms with E-state index in [0.717, 1.165) is 48.1 Å². The number of hydrogen-bond donors (Lipinski definition) is 1. The van der Waals surface area contributed by atoms with E-state index < -0.39 is 0 Å². The molecular formula is C20H25ClN2O2. The molecule has 0 bridgehead atoms. The van der Waals surface area contributed by atoms with Gasteiger partial charge in [0.25, 0.3) is 0 Å². The third kappa shape index (κ3) is 4.39. The third-order valence-corrected chi connectivity index (χ3v) is 4.97. The maximum Gasteiger partial charge on any atom is 1.00 e. The van der Waals surface area contributed by atoms with Gasteiger partial charge in [0.15, 0.2) is 5.78 Å². The van der Waals surface area contributed by atoms with Gasteiger partial charge in [-0.3, -0.25) is 9.78 Å². The van der Waals surface area contributed by atoms with Crippen LogP contribution in [0.5, 0.6) is 5.75 Å². The van der Waals surface area contributed by atoms with Gasteiger partial charge in [-0.1, -0.05) is 6.08 Å². The Bertz CT molecular complexity index is 754. The Morgan fingerprint density at radius 3 is 3.08 bits per heavy atom. The van der Waals surface area contributed by atoms with Gasteiger partial charge in [-0.05, 0) is 55.5 Å². The van der Waals surface area contributed by atoms with Gasteiger partial charge >= 0.3 is 1.43 Å². The van der Waals surface area contributed by atoms with Crippen LogP contribution in [0.4, 0.5) is 0 Å². The van der Waals surface area contributed by atoms with Crippen molar-refractivity contribution in [1.82, 2.24) is 10.3 Å². The second-order valence-electron chi connectivity index (χ2n) is 6.36. The highest BCUT2D eigenvalue weighted by Crippen LogP contribution is 2.28. The molecule has 0 amide bonds. The van der Waals surface area contributed by atoms with Gasteiger partial charge in [0, 0.05) is 30.1 Å².